The molecule has 28 heavy (non-hydrogen) atoms. The summed E-state index contributed by atoms with van der Waals surface area (Å²) in [6.45, 7) is 0.481. The van der Waals surface area contributed by atoms with Gasteiger partial charge in [0.15, 0.2) is 0 Å². The number of rotatable bonds is 7. The fourth-order valence-electron chi connectivity index (χ4n) is 3.24. The van der Waals surface area contributed by atoms with E-state index in [1.54, 1.807) is 0 Å². The number of hydrogen-bond donors (Lipinski definition) is 2. The minimum Gasteiger partial charge on any atom is -0.489 e. The summed E-state index contributed by atoms with van der Waals surface area (Å²) in [6, 6.07) is 24.4. The third-order valence-electron chi connectivity index (χ3n) is 4.77. The summed E-state index contributed by atoms with van der Waals surface area (Å²) in [5.74, 6) is -0.00548. The van der Waals surface area contributed by atoms with Gasteiger partial charge in [0.25, 0.3) is 0 Å². The van der Waals surface area contributed by atoms with E-state index >= 15 is 0 Å². The molecule has 0 saturated carbocycles. The molecule has 140 valence electrons. The lowest BCUT2D eigenvalue weighted by molar-refractivity contribution is -0.136. The quantitative estimate of drug-likeness (QED) is 0.455. The normalized spacial score (nSPS) is 10.9. The maximum Gasteiger partial charge on any atom is 0.303 e. The Hall–Kier alpha value is -3.53. The molecule has 4 heteroatoms. The second kappa shape index (κ2) is 8.01. The van der Waals surface area contributed by atoms with Crippen molar-refractivity contribution in [3.8, 4) is 16.9 Å². The molecule has 2 N–H and O–H groups in total. The zero-order chi connectivity index (χ0) is 19.3. The van der Waals surface area contributed by atoms with E-state index in [9.17, 15) is 4.79 Å². The number of ether oxygens (including phenoxy) is 1. The molecule has 4 rings (SSSR count). The maximum absolute atomic E-state index is 10.7. The van der Waals surface area contributed by atoms with Crippen LogP contribution in [0.4, 0.5) is 0 Å². The van der Waals surface area contributed by atoms with Gasteiger partial charge in [-0.25, -0.2) is 0 Å². The number of carboxylic acid groups (broad SMARTS) is 1. The number of carbonyl (C=O) groups is 1. The summed E-state index contributed by atoms with van der Waals surface area (Å²) < 4.78 is 5.90. The molecule has 0 aliphatic carbocycles. The van der Waals surface area contributed by atoms with E-state index < -0.39 is 5.97 Å². The molecular formula is C24H21NO3. The van der Waals surface area contributed by atoms with Crippen LogP contribution in [0.1, 0.15) is 17.5 Å². The highest BCUT2D eigenvalue weighted by Crippen LogP contribution is 2.25. The van der Waals surface area contributed by atoms with Crippen LogP contribution in [0.2, 0.25) is 0 Å². The Morgan fingerprint density at radius 2 is 1.71 bits per heavy atom. The number of aryl methyl sites for hydroxylation is 1. The molecule has 1 aromatic heterocycles. The average Bonchev–Trinajstić information content (AvgIpc) is 3.19. The van der Waals surface area contributed by atoms with Gasteiger partial charge in [-0.2, -0.15) is 0 Å². The Morgan fingerprint density at radius 1 is 0.893 bits per heavy atom. The molecule has 0 aliphatic rings. The second-order valence-electron chi connectivity index (χ2n) is 6.81. The number of H-pyrrole nitrogens is 1. The molecule has 0 bridgehead atoms. The average molecular weight is 371 g/mol. The Labute approximate surface area is 163 Å². The van der Waals surface area contributed by atoms with E-state index in [4.69, 9.17) is 9.84 Å². The van der Waals surface area contributed by atoms with Crippen molar-refractivity contribution in [3.05, 3.63) is 90.1 Å². The fraction of sp³-hybridized carbons (Fsp3) is 0.125. The molecule has 0 radical (unpaired) electrons. The first-order chi connectivity index (χ1) is 13.7. The maximum atomic E-state index is 10.7. The summed E-state index contributed by atoms with van der Waals surface area (Å²) in [6.07, 6.45) is 2.62. The SMILES string of the molecule is O=C(O)CCc1ccc(OCc2cccc(-c3ccc4[nH]ccc4c3)c2)cc1. The van der Waals surface area contributed by atoms with Gasteiger partial charge in [-0.1, -0.05) is 36.4 Å². The van der Waals surface area contributed by atoms with Crippen LogP contribution in [0.5, 0.6) is 5.75 Å². The fourth-order valence-corrected chi connectivity index (χ4v) is 3.24. The molecule has 0 amide bonds. The van der Waals surface area contributed by atoms with Crippen LogP contribution in [-0.4, -0.2) is 16.1 Å². The Morgan fingerprint density at radius 3 is 2.54 bits per heavy atom. The topological polar surface area (TPSA) is 62.3 Å². The van der Waals surface area contributed by atoms with Crippen LogP contribution in [-0.2, 0) is 17.8 Å². The van der Waals surface area contributed by atoms with E-state index in [-0.39, 0.29) is 6.42 Å². The minimum atomic E-state index is -0.782. The molecule has 0 atom stereocenters. The van der Waals surface area contributed by atoms with Crippen LogP contribution in [0.25, 0.3) is 22.0 Å². The predicted molar refractivity (Wildman–Crippen MR) is 110 cm³/mol. The van der Waals surface area contributed by atoms with Crippen molar-refractivity contribution >= 4 is 16.9 Å². The first-order valence-electron chi connectivity index (χ1n) is 9.27. The zero-order valence-electron chi connectivity index (χ0n) is 15.4. The molecule has 0 unspecified atom stereocenters. The number of hydrogen-bond acceptors (Lipinski definition) is 2. The highest BCUT2D eigenvalue weighted by molar-refractivity contribution is 5.85. The summed E-state index contributed by atoms with van der Waals surface area (Å²) in [4.78, 5) is 13.9. The molecule has 4 aromatic rings. The van der Waals surface area contributed by atoms with Crippen molar-refractivity contribution in [3.63, 3.8) is 0 Å². The summed E-state index contributed by atoms with van der Waals surface area (Å²) in [5, 5.41) is 9.96. The number of carboxylic acids is 1. The zero-order valence-corrected chi connectivity index (χ0v) is 15.4. The van der Waals surface area contributed by atoms with Gasteiger partial charge >= 0.3 is 5.97 Å². The van der Waals surface area contributed by atoms with Crippen LogP contribution < -0.4 is 4.74 Å². The number of benzene rings is 3. The summed E-state index contributed by atoms with van der Waals surface area (Å²) >= 11 is 0. The van der Waals surface area contributed by atoms with Crippen LogP contribution in [0.15, 0.2) is 79.0 Å². The van der Waals surface area contributed by atoms with E-state index in [0.29, 0.717) is 13.0 Å². The van der Waals surface area contributed by atoms with Gasteiger partial charge in [-0.05, 0) is 70.5 Å². The van der Waals surface area contributed by atoms with Crippen LogP contribution in [0.3, 0.4) is 0 Å². The monoisotopic (exact) mass is 371 g/mol. The summed E-state index contributed by atoms with van der Waals surface area (Å²) in [7, 11) is 0. The third-order valence-corrected chi connectivity index (χ3v) is 4.77. The number of fused-ring (bicyclic) bond motifs is 1. The number of aromatic amines is 1. The predicted octanol–water partition coefficient (Wildman–Crippen LogP) is 5.43. The van der Waals surface area contributed by atoms with Gasteiger partial charge in [0.05, 0.1) is 0 Å². The van der Waals surface area contributed by atoms with E-state index in [1.165, 1.54) is 10.9 Å². The molecule has 0 aliphatic heterocycles. The number of aromatic nitrogens is 1. The smallest absolute Gasteiger partial charge is 0.303 e. The molecule has 0 fully saturated rings. The highest BCUT2D eigenvalue weighted by Gasteiger charge is 2.04. The number of aliphatic carboxylic acids is 1. The first kappa shape index (κ1) is 17.9. The van der Waals surface area contributed by atoms with E-state index in [2.05, 4.69) is 47.4 Å². The van der Waals surface area contributed by atoms with Gasteiger partial charge < -0.3 is 14.8 Å². The second-order valence-corrected chi connectivity index (χ2v) is 6.81. The van der Waals surface area contributed by atoms with Gasteiger partial charge in [0, 0.05) is 18.1 Å². The van der Waals surface area contributed by atoms with Gasteiger partial charge in [0.1, 0.15) is 12.4 Å². The van der Waals surface area contributed by atoms with Crippen molar-refractivity contribution in [2.45, 2.75) is 19.4 Å². The third kappa shape index (κ3) is 4.23. The van der Waals surface area contributed by atoms with Gasteiger partial charge in [-0.15, -0.1) is 0 Å². The molecule has 0 saturated heterocycles. The number of nitrogens with one attached hydrogen (secondary N) is 1. The standard InChI is InChI=1S/C24H21NO3/c26-24(27)11-6-17-4-8-22(9-5-17)28-16-18-2-1-3-19(14-18)20-7-10-23-21(15-20)12-13-25-23/h1-5,7-10,12-15,25H,6,11,16H2,(H,26,27). The molecule has 1 heterocycles. The van der Waals surface area contributed by atoms with E-state index in [0.717, 1.165) is 28.0 Å². The van der Waals surface area contributed by atoms with Crippen molar-refractivity contribution in [2.75, 3.05) is 0 Å². The van der Waals surface area contributed by atoms with Crippen molar-refractivity contribution in [2.24, 2.45) is 0 Å². The van der Waals surface area contributed by atoms with Crippen molar-refractivity contribution in [1.29, 1.82) is 0 Å². The van der Waals surface area contributed by atoms with Gasteiger partial charge in [-0.3, -0.25) is 4.79 Å². The van der Waals surface area contributed by atoms with Crippen LogP contribution in [0, 0.1) is 0 Å². The lowest BCUT2D eigenvalue weighted by Gasteiger charge is -2.09. The summed E-state index contributed by atoms with van der Waals surface area (Å²) in [5.41, 5.74) is 5.57. The lowest BCUT2D eigenvalue weighted by Crippen LogP contribution is -1.98. The van der Waals surface area contributed by atoms with Crippen molar-refractivity contribution < 1.29 is 14.6 Å². The Balaban J connectivity index is 1.42. The molecular weight excluding hydrogens is 350 g/mol. The van der Waals surface area contributed by atoms with E-state index in [1.807, 2.05) is 36.5 Å². The van der Waals surface area contributed by atoms with Crippen molar-refractivity contribution in [1.82, 2.24) is 4.98 Å². The first-order valence-corrected chi connectivity index (χ1v) is 9.27. The Kier molecular flexibility index (Phi) is 5.11. The molecule has 4 nitrogen and oxygen atoms in total. The minimum absolute atomic E-state index is 0.140. The molecule has 3 aromatic carbocycles. The van der Waals surface area contributed by atoms with Gasteiger partial charge in [0.2, 0.25) is 0 Å². The van der Waals surface area contributed by atoms with Crippen LogP contribution >= 0.6 is 0 Å². The highest BCUT2D eigenvalue weighted by atomic mass is 16.5. The molecule has 0 spiro atoms. The lowest BCUT2D eigenvalue weighted by atomic mass is 10.0. The Bertz CT molecular complexity index is 1100. The largest absolute Gasteiger partial charge is 0.489 e.